The fourth-order valence-corrected chi connectivity index (χ4v) is 4.74. The van der Waals surface area contributed by atoms with Gasteiger partial charge in [0.15, 0.2) is 0 Å². The molecule has 0 bridgehead atoms. The highest BCUT2D eigenvalue weighted by molar-refractivity contribution is 5.83. The average molecular weight is 459 g/mol. The molecule has 2 aromatic carbocycles. The van der Waals surface area contributed by atoms with Gasteiger partial charge in [0, 0.05) is 12.8 Å². The van der Waals surface area contributed by atoms with Crippen molar-refractivity contribution in [3.05, 3.63) is 69.8 Å². The topological polar surface area (TPSA) is 82.9 Å². The van der Waals surface area contributed by atoms with Crippen molar-refractivity contribution in [3.63, 3.8) is 0 Å². The van der Waals surface area contributed by atoms with Crippen LogP contribution in [-0.4, -0.2) is 24.2 Å². The van der Waals surface area contributed by atoms with Crippen molar-refractivity contribution < 1.29 is 9.59 Å². The number of nitrogens with one attached hydrogen (secondary N) is 2. The van der Waals surface area contributed by atoms with Gasteiger partial charge >= 0.3 is 0 Å². The van der Waals surface area contributed by atoms with Crippen LogP contribution in [0, 0.1) is 0 Å². The molecule has 0 radical (unpaired) electrons. The standard InChI is InChI=1S/C28H34N4O2/c33-27(31-29-19-21-13-15-23-7-5-9-25(23)17-21)11-3-1-2-4-12-28(34)32-30-20-22-14-16-24-8-6-10-26(24)18-22/h13-20H,1-12H2,(H,31,33)(H,32,34)/b29-19+,30-20+. The van der Waals surface area contributed by atoms with E-state index in [1.54, 1.807) is 12.4 Å². The minimum Gasteiger partial charge on any atom is -0.273 e. The van der Waals surface area contributed by atoms with E-state index in [-0.39, 0.29) is 11.8 Å². The van der Waals surface area contributed by atoms with Crippen LogP contribution in [0.4, 0.5) is 0 Å². The third-order valence-corrected chi connectivity index (χ3v) is 6.61. The number of hydrazone groups is 2. The lowest BCUT2D eigenvalue weighted by atomic mass is 10.1. The number of hydrogen-bond donors (Lipinski definition) is 2. The van der Waals surface area contributed by atoms with Crippen LogP contribution in [0.5, 0.6) is 0 Å². The van der Waals surface area contributed by atoms with Crippen LogP contribution in [0.25, 0.3) is 0 Å². The van der Waals surface area contributed by atoms with Crippen molar-refractivity contribution in [2.24, 2.45) is 10.2 Å². The van der Waals surface area contributed by atoms with Crippen LogP contribution < -0.4 is 10.9 Å². The fourth-order valence-electron chi connectivity index (χ4n) is 4.74. The number of amides is 2. The molecule has 0 aliphatic heterocycles. The number of hydrogen-bond acceptors (Lipinski definition) is 4. The number of carbonyl (C=O) groups is 2. The molecule has 6 heteroatoms. The number of benzene rings is 2. The monoisotopic (exact) mass is 458 g/mol. The minimum atomic E-state index is -0.0731. The number of nitrogens with zero attached hydrogens (tertiary/aromatic N) is 2. The summed E-state index contributed by atoms with van der Waals surface area (Å²) in [6, 6.07) is 12.7. The Bertz CT molecular complexity index is 989. The van der Waals surface area contributed by atoms with E-state index in [1.165, 1.54) is 35.1 Å². The van der Waals surface area contributed by atoms with Crippen molar-refractivity contribution in [3.8, 4) is 0 Å². The first kappa shape index (κ1) is 23.9. The number of carbonyl (C=O) groups excluding carboxylic acids is 2. The van der Waals surface area contributed by atoms with Gasteiger partial charge in [-0.15, -0.1) is 0 Å². The predicted molar refractivity (Wildman–Crippen MR) is 136 cm³/mol. The molecule has 0 saturated heterocycles. The van der Waals surface area contributed by atoms with Crippen molar-refractivity contribution in [1.29, 1.82) is 0 Å². The van der Waals surface area contributed by atoms with Crippen LogP contribution in [-0.2, 0) is 35.3 Å². The Morgan fingerprint density at radius 2 is 1.09 bits per heavy atom. The maximum absolute atomic E-state index is 12.0. The third kappa shape index (κ3) is 7.11. The third-order valence-electron chi connectivity index (χ3n) is 6.61. The van der Waals surface area contributed by atoms with Crippen LogP contribution >= 0.6 is 0 Å². The lowest BCUT2D eigenvalue weighted by molar-refractivity contribution is -0.122. The van der Waals surface area contributed by atoms with Gasteiger partial charge in [-0.1, -0.05) is 37.1 Å². The maximum Gasteiger partial charge on any atom is 0.240 e. The molecule has 6 nitrogen and oxygen atoms in total. The summed E-state index contributed by atoms with van der Waals surface area (Å²) in [5.41, 5.74) is 12.9. The molecule has 2 aromatic rings. The van der Waals surface area contributed by atoms with Crippen molar-refractivity contribution >= 4 is 24.2 Å². The summed E-state index contributed by atoms with van der Waals surface area (Å²) < 4.78 is 0. The molecule has 0 heterocycles. The molecule has 0 unspecified atom stereocenters. The average Bonchev–Trinajstić information content (AvgIpc) is 3.50. The Morgan fingerprint density at radius 3 is 1.56 bits per heavy atom. The summed E-state index contributed by atoms with van der Waals surface area (Å²) in [5, 5.41) is 8.16. The smallest absolute Gasteiger partial charge is 0.240 e. The molecule has 178 valence electrons. The van der Waals surface area contributed by atoms with E-state index in [2.05, 4.69) is 45.3 Å². The van der Waals surface area contributed by atoms with Crippen molar-refractivity contribution in [2.75, 3.05) is 0 Å². The molecule has 0 saturated carbocycles. The maximum atomic E-state index is 12.0. The Morgan fingerprint density at radius 1 is 0.647 bits per heavy atom. The second kappa shape index (κ2) is 12.3. The molecular weight excluding hydrogens is 424 g/mol. The zero-order valence-corrected chi connectivity index (χ0v) is 19.8. The Hall–Kier alpha value is -3.28. The molecule has 0 fully saturated rings. The Balaban J connectivity index is 1.03. The quantitative estimate of drug-likeness (QED) is 0.293. The van der Waals surface area contributed by atoms with Crippen LogP contribution in [0.1, 0.15) is 84.7 Å². The molecular formula is C28H34N4O2. The van der Waals surface area contributed by atoms with Gasteiger partial charge in [0.1, 0.15) is 0 Å². The lowest BCUT2D eigenvalue weighted by Crippen LogP contribution is -2.17. The van der Waals surface area contributed by atoms with Gasteiger partial charge in [-0.05, 0) is 96.9 Å². The first-order valence-corrected chi connectivity index (χ1v) is 12.5. The fraction of sp³-hybridized carbons (Fsp3) is 0.429. The zero-order chi connectivity index (χ0) is 23.6. The van der Waals surface area contributed by atoms with E-state index >= 15 is 0 Å². The molecule has 4 rings (SSSR count). The largest absolute Gasteiger partial charge is 0.273 e. The first-order valence-electron chi connectivity index (χ1n) is 12.5. The zero-order valence-electron chi connectivity index (χ0n) is 19.8. The number of rotatable bonds is 11. The minimum absolute atomic E-state index is 0.0731. The van der Waals surface area contributed by atoms with Gasteiger partial charge < -0.3 is 0 Å². The SMILES string of the molecule is O=C(CCCCCCC(=O)N/N=C/c1ccc2c(c1)CCC2)N/N=C/c1ccc2c(c1)CCC2. The van der Waals surface area contributed by atoms with Crippen molar-refractivity contribution in [2.45, 2.75) is 77.0 Å². The second-order valence-electron chi connectivity index (χ2n) is 9.26. The highest BCUT2D eigenvalue weighted by atomic mass is 16.2. The summed E-state index contributed by atoms with van der Waals surface area (Å²) in [5.74, 6) is -0.146. The highest BCUT2D eigenvalue weighted by Gasteiger charge is 2.11. The predicted octanol–water partition coefficient (Wildman–Crippen LogP) is 4.61. The van der Waals surface area contributed by atoms with E-state index in [0.717, 1.165) is 62.5 Å². The van der Waals surface area contributed by atoms with Crippen LogP contribution in [0.3, 0.4) is 0 Å². The van der Waals surface area contributed by atoms with Crippen LogP contribution in [0.2, 0.25) is 0 Å². The van der Waals surface area contributed by atoms with E-state index < -0.39 is 0 Å². The molecule has 0 atom stereocenters. The van der Waals surface area contributed by atoms with E-state index in [9.17, 15) is 9.59 Å². The van der Waals surface area contributed by atoms with E-state index in [1.807, 2.05) is 12.1 Å². The van der Waals surface area contributed by atoms with Gasteiger partial charge in [0.25, 0.3) is 0 Å². The molecule has 2 aliphatic rings. The van der Waals surface area contributed by atoms with Gasteiger partial charge in [-0.3, -0.25) is 9.59 Å². The summed E-state index contributed by atoms with van der Waals surface area (Å²) in [6.07, 6.45) is 14.7. The molecule has 34 heavy (non-hydrogen) atoms. The molecule has 0 aromatic heterocycles. The second-order valence-corrected chi connectivity index (χ2v) is 9.26. The van der Waals surface area contributed by atoms with Gasteiger partial charge in [-0.25, -0.2) is 10.9 Å². The summed E-state index contributed by atoms with van der Waals surface area (Å²) >= 11 is 0. The van der Waals surface area contributed by atoms with Crippen molar-refractivity contribution in [1.82, 2.24) is 10.9 Å². The summed E-state index contributed by atoms with van der Waals surface area (Å²) in [7, 11) is 0. The summed E-state index contributed by atoms with van der Waals surface area (Å²) in [4.78, 5) is 23.9. The normalized spacial score (nSPS) is 14.5. The lowest BCUT2D eigenvalue weighted by Gasteiger charge is -2.03. The highest BCUT2D eigenvalue weighted by Crippen LogP contribution is 2.23. The summed E-state index contributed by atoms with van der Waals surface area (Å²) in [6.45, 7) is 0. The number of aryl methyl sites for hydroxylation is 4. The number of unbranched alkanes of at least 4 members (excludes halogenated alkanes) is 3. The van der Waals surface area contributed by atoms with Gasteiger partial charge in [0.05, 0.1) is 12.4 Å². The Kier molecular flexibility index (Phi) is 8.60. The van der Waals surface area contributed by atoms with Crippen LogP contribution in [0.15, 0.2) is 46.6 Å². The Labute approximate surface area is 201 Å². The van der Waals surface area contributed by atoms with E-state index in [4.69, 9.17) is 0 Å². The van der Waals surface area contributed by atoms with E-state index in [0.29, 0.717) is 12.8 Å². The number of fused-ring (bicyclic) bond motifs is 2. The van der Waals surface area contributed by atoms with Gasteiger partial charge in [-0.2, -0.15) is 10.2 Å². The molecule has 2 N–H and O–H groups in total. The molecule has 0 spiro atoms. The van der Waals surface area contributed by atoms with Gasteiger partial charge in [0.2, 0.25) is 11.8 Å². The first-order chi connectivity index (χ1) is 16.7. The molecule has 2 aliphatic carbocycles. The molecule has 2 amide bonds.